The molecule has 0 spiro atoms. The van der Waals surface area contributed by atoms with Crippen LogP contribution in [0.15, 0.2) is 67.5 Å². The van der Waals surface area contributed by atoms with E-state index < -0.39 is 0 Å². The average Bonchev–Trinajstić information content (AvgIpc) is 3.51. The Kier molecular flexibility index (Phi) is 6.59. The molecule has 35 heavy (non-hydrogen) atoms. The number of hydrogen-bond donors (Lipinski definition) is 2. The molecule has 2 N–H and O–H groups in total. The molecule has 0 aliphatic carbocycles. The lowest BCUT2D eigenvalue weighted by atomic mass is 10.0. The molecular formula is C28H30N6O. The Morgan fingerprint density at radius 3 is 2.63 bits per heavy atom. The molecule has 1 saturated heterocycles. The minimum atomic E-state index is 0.0317. The molecule has 4 aromatic rings. The second kappa shape index (κ2) is 10.1. The number of carbonyl (C=O) groups excluding carboxylic acids is 1. The number of benzene rings is 2. The highest BCUT2D eigenvalue weighted by molar-refractivity contribution is 5.92. The summed E-state index contributed by atoms with van der Waals surface area (Å²) in [6.45, 7) is 5.98. The number of nitrogens with zero attached hydrogens (tertiary/aromatic N) is 4. The van der Waals surface area contributed by atoms with E-state index in [4.69, 9.17) is 0 Å². The minimum absolute atomic E-state index is 0.0317. The van der Waals surface area contributed by atoms with Gasteiger partial charge in [-0.3, -0.25) is 14.6 Å². The SMILES string of the molecule is C=CC(=O)N1CCC(NCc2ccc(-c3ccc4[nH]nc(/C=C/c5cnn(C)c5)c4c3)cc2)CC1. The van der Waals surface area contributed by atoms with E-state index in [2.05, 4.69) is 69.7 Å². The highest BCUT2D eigenvalue weighted by atomic mass is 16.2. The zero-order valence-corrected chi connectivity index (χ0v) is 19.9. The number of likely N-dealkylation sites (tertiary alicyclic amines) is 1. The summed E-state index contributed by atoms with van der Waals surface area (Å²) in [5.74, 6) is 0.0317. The van der Waals surface area contributed by atoms with Crippen LogP contribution in [0.5, 0.6) is 0 Å². The van der Waals surface area contributed by atoms with Gasteiger partial charge in [-0.1, -0.05) is 36.9 Å². The molecule has 2 aromatic heterocycles. The summed E-state index contributed by atoms with van der Waals surface area (Å²) in [6.07, 6.45) is 11.2. The van der Waals surface area contributed by atoms with E-state index in [1.165, 1.54) is 17.2 Å². The van der Waals surface area contributed by atoms with Gasteiger partial charge in [0.15, 0.2) is 0 Å². The number of piperidine rings is 1. The fourth-order valence-electron chi connectivity index (χ4n) is 4.55. The molecule has 1 aliphatic heterocycles. The number of aromatic nitrogens is 4. The van der Waals surface area contributed by atoms with Crippen molar-refractivity contribution in [3.63, 3.8) is 0 Å². The molecule has 7 nitrogen and oxygen atoms in total. The Labute approximate surface area is 205 Å². The van der Waals surface area contributed by atoms with Gasteiger partial charge in [0.05, 0.1) is 17.4 Å². The summed E-state index contributed by atoms with van der Waals surface area (Å²) in [5.41, 5.74) is 6.56. The van der Waals surface area contributed by atoms with Gasteiger partial charge >= 0.3 is 0 Å². The normalized spacial score (nSPS) is 14.7. The van der Waals surface area contributed by atoms with E-state index in [-0.39, 0.29) is 5.91 Å². The molecule has 0 atom stereocenters. The molecule has 5 rings (SSSR count). The minimum Gasteiger partial charge on any atom is -0.339 e. The highest BCUT2D eigenvalue weighted by Crippen LogP contribution is 2.26. The van der Waals surface area contributed by atoms with E-state index in [0.717, 1.165) is 60.2 Å². The number of carbonyl (C=O) groups is 1. The Bertz CT molecular complexity index is 1360. The first-order valence-corrected chi connectivity index (χ1v) is 12.0. The number of aromatic amines is 1. The third-order valence-corrected chi connectivity index (χ3v) is 6.61. The maximum atomic E-state index is 11.7. The van der Waals surface area contributed by atoms with E-state index in [1.807, 2.05) is 36.5 Å². The monoisotopic (exact) mass is 466 g/mol. The molecule has 0 radical (unpaired) electrons. The Morgan fingerprint density at radius 2 is 1.91 bits per heavy atom. The molecule has 0 unspecified atom stereocenters. The van der Waals surface area contributed by atoms with Gasteiger partial charge in [-0.05, 0) is 59.9 Å². The van der Waals surface area contributed by atoms with Crippen LogP contribution in [-0.2, 0) is 18.4 Å². The van der Waals surface area contributed by atoms with E-state index in [0.29, 0.717) is 6.04 Å². The molecule has 0 saturated carbocycles. The number of H-pyrrole nitrogens is 1. The van der Waals surface area contributed by atoms with E-state index >= 15 is 0 Å². The molecule has 1 amide bonds. The third-order valence-electron chi connectivity index (χ3n) is 6.61. The first-order chi connectivity index (χ1) is 17.1. The summed E-state index contributed by atoms with van der Waals surface area (Å²) in [6, 6.07) is 15.5. The van der Waals surface area contributed by atoms with Gasteiger partial charge in [-0.2, -0.15) is 10.2 Å². The molecular weight excluding hydrogens is 436 g/mol. The molecule has 3 heterocycles. The summed E-state index contributed by atoms with van der Waals surface area (Å²) >= 11 is 0. The fourth-order valence-corrected chi connectivity index (χ4v) is 4.55. The zero-order chi connectivity index (χ0) is 24.2. The lowest BCUT2D eigenvalue weighted by Gasteiger charge is -2.31. The van der Waals surface area contributed by atoms with Crippen molar-refractivity contribution in [2.75, 3.05) is 13.1 Å². The number of nitrogens with one attached hydrogen (secondary N) is 2. The van der Waals surface area contributed by atoms with Crippen molar-refractivity contribution >= 4 is 29.0 Å². The van der Waals surface area contributed by atoms with Gasteiger partial charge in [-0.15, -0.1) is 0 Å². The largest absolute Gasteiger partial charge is 0.339 e. The van der Waals surface area contributed by atoms with Gasteiger partial charge in [-0.25, -0.2) is 0 Å². The molecule has 1 fully saturated rings. The summed E-state index contributed by atoms with van der Waals surface area (Å²) in [7, 11) is 1.91. The standard InChI is InChI=1S/C28H30N6O/c1-3-28(35)34-14-12-24(13-15-34)29-17-20-4-7-22(8-5-20)23-9-11-27-25(16-23)26(31-32-27)10-6-21-18-30-33(2)19-21/h3-11,16,18-19,24,29H,1,12-15,17H2,2H3,(H,31,32)/b10-6+. The zero-order valence-electron chi connectivity index (χ0n) is 19.9. The van der Waals surface area contributed by atoms with Crippen molar-refractivity contribution in [2.24, 2.45) is 7.05 Å². The number of hydrogen-bond acceptors (Lipinski definition) is 4. The second-order valence-corrected chi connectivity index (χ2v) is 9.03. The van der Waals surface area contributed by atoms with Crippen molar-refractivity contribution in [3.8, 4) is 11.1 Å². The van der Waals surface area contributed by atoms with Gasteiger partial charge < -0.3 is 10.2 Å². The summed E-state index contributed by atoms with van der Waals surface area (Å²) < 4.78 is 1.79. The topological polar surface area (TPSA) is 78.8 Å². The lowest BCUT2D eigenvalue weighted by molar-refractivity contribution is -0.127. The van der Waals surface area contributed by atoms with Gasteiger partial charge in [0.25, 0.3) is 0 Å². The lowest BCUT2D eigenvalue weighted by Crippen LogP contribution is -2.44. The quantitative estimate of drug-likeness (QED) is 0.396. The van der Waals surface area contributed by atoms with E-state index in [9.17, 15) is 4.79 Å². The van der Waals surface area contributed by atoms with Crippen LogP contribution in [0.1, 0.15) is 29.7 Å². The van der Waals surface area contributed by atoms with Crippen molar-refractivity contribution in [1.82, 2.24) is 30.2 Å². The Morgan fingerprint density at radius 1 is 1.14 bits per heavy atom. The smallest absolute Gasteiger partial charge is 0.245 e. The van der Waals surface area contributed by atoms with Gasteiger partial charge in [0, 0.05) is 49.9 Å². The fraction of sp³-hybridized carbons (Fsp3) is 0.250. The molecule has 178 valence electrons. The number of aryl methyl sites for hydroxylation is 1. The second-order valence-electron chi connectivity index (χ2n) is 9.03. The number of rotatable bonds is 7. The number of amides is 1. The number of fused-ring (bicyclic) bond motifs is 1. The Hall–Kier alpha value is -3.97. The van der Waals surface area contributed by atoms with Crippen molar-refractivity contribution < 1.29 is 4.79 Å². The molecule has 0 bridgehead atoms. The third kappa shape index (κ3) is 5.25. The van der Waals surface area contributed by atoms with Crippen LogP contribution in [0, 0.1) is 0 Å². The maximum Gasteiger partial charge on any atom is 0.245 e. The van der Waals surface area contributed by atoms with Crippen molar-refractivity contribution in [1.29, 1.82) is 0 Å². The van der Waals surface area contributed by atoms with Crippen molar-refractivity contribution in [3.05, 3.63) is 84.3 Å². The molecule has 1 aliphatic rings. The van der Waals surface area contributed by atoms with Crippen LogP contribution in [0.25, 0.3) is 34.2 Å². The average molecular weight is 467 g/mol. The predicted octanol–water partition coefficient (Wildman–Crippen LogP) is 4.40. The Balaban J connectivity index is 1.23. The summed E-state index contributed by atoms with van der Waals surface area (Å²) in [4.78, 5) is 13.6. The van der Waals surface area contributed by atoms with E-state index in [1.54, 1.807) is 4.68 Å². The predicted molar refractivity (Wildman–Crippen MR) is 140 cm³/mol. The summed E-state index contributed by atoms with van der Waals surface area (Å²) in [5, 5.41) is 16.5. The van der Waals surface area contributed by atoms with Gasteiger partial charge in [0.2, 0.25) is 5.91 Å². The van der Waals surface area contributed by atoms with Crippen molar-refractivity contribution in [2.45, 2.75) is 25.4 Å². The molecule has 7 heteroatoms. The first-order valence-electron chi connectivity index (χ1n) is 12.0. The van der Waals surface area contributed by atoms with Crippen LogP contribution in [0.2, 0.25) is 0 Å². The highest BCUT2D eigenvalue weighted by Gasteiger charge is 2.20. The van der Waals surface area contributed by atoms with Crippen LogP contribution >= 0.6 is 0 Å². The van der Waals surface area contributed by atoms with Crippen LogP contribution in [-0.4, -0.2) is 49.9 Å². The first kappa shape index (κ1) is 22.8. The van der Waals surface area contributed by atoms with Crippen LogP contribution in [0.3, 0.4) is 0 Å². The maximum absolute atomic E-state index is 11.7. The van der Waals surface area contributed by atoms with Crippen LogP contribution in [0.4, 0.5) is 0 Å². The molecule has 2 aromatic carbocycles. The van der Waals surface area contributed by atoms with Gasteiger partial charge in [0.1, 0.15) is 0 Å². The van der Waals surface area contributed by atoms with Crippen LogP contribution < -0.4 is 5.32 Å².